The van der Waals surface area contributed by atoms with Crippen LogP contribution in [0, 0.1) is 22.7 Å². The summed E-state index contributed by atoms with van der Waals surface area (Å²) >= 11 is 7.38. The lowest BCUT2D eigenvalue weighted by atomic mass is 9.95. The third kappa shape index (κ3) is 4.55. The summed E-state index contributed by atoms with van der Waals surface area (Å²) in [5.74, 6) is 11.0. The first kappa shape index (κ1) is 21.9. The fraction of sp³-hybridized carbons (Fsp3) is 0.0476. The predicted octanol–water partition coefficient (Wildman–Crippen LogP) is 2.93. The molecule has 0 aliphatic rings. The van der Waals surface area contributed by atoms with Crippen molar-refractivity contribution in [3.63, 3.8) is 0 Å². The van der Waals surface area contributed by atoms with Crippen molar-refractivity contribution < 1.29 is 0 Å². The van der Waals surface area contributed by atoms with E-state index in [4.69, 9.17) is 23.3 Å². The Morgan fingerprint density at radius 1 is 1.10 bits per heavy atom. The Balaban J connectivity index is 2.11. The molecule has 0 unspecified atom stereocenters. The molecule has 0 radical (unpaired) electrons. The molecular weight excluding hydrogens is 434 g/mol. The van der Waals surface area contributed by atoms with Crippen LogP contribution in [0.15, 0.2) is 63.5 Å². The summed E-state index contributed by atoms with van der Waals surface area (Å²) in [4.78, 5) is 15.1. The van der Waals surface area contributed by atoms with Gasteiger partial charge < -0.3 is 16.3 Å². The Kier molecular flexibility index (Phi) is 6.96. The summed E-state index contributed by atoms with van der Waals surface area (Å²) in [5, 5.41) is 23.8. The Labute approximate surface area is 187 Å². The monoisotopic (exact) mass is 449 g/mol. The Hall–Kier alpha value is -3.76. The van der Waals surface area contributed by atoms with Gasteiger partial charge in [0.1, 0.15) is 23.5 Å². The van der Waals surface area contributed by atoms with E-state index >= 15 is 0 Å². The van der Waals surface area contributed by atoms with Crippen molar-refractivity contribution >= 4 is 29.2 Å². The number of nitriles is 2. The zero-order chi connectivity index (χ0) is 22.4. The largest absolute Gasteiger partial charge is 0.322 e. The van der Waals surface area contributed by atoms with E-state index in [1.807, 2.05) is 36.4 Å². The minimum atomic E-state index is -0.596. The fourth-order valence-electron chi connectivity index (χ4n) is 2.96. The molecule has 0 aliphatic carbocycles. The summed E-state index contributed by atoms with van der Waals surface area (Å²) in [6.07, 6.45) is 0. The van der Waals surface area contributed by atoms with Gasteiger partial charge in [-0.05, 0) is 17.2 Å². The number of nitrogens with one attached hydrogen (secondary N) is 2. The number of nitrogens with zero attached hydrogens (tertiary/aromatic N) is 3. The summed E-state index contributed by atoms with van der Waals surface area (Å²) in [7, 11) is 0. The van der Waals surface area contributed by atoms with Gasteiger partial charge in [-0.15, -0.1) is 0 Å². The molecule has 0 fully saturated rings. The highest BCUT2D eigenvalue weighted by Crippen LogP contribution is 2.34. The van der Waals surface area contributed by atoms with Crippen LogP contribution < -0.4 is 22.7 Å². The second kappa shape index (κ2) is 9.83. The zero-order valence-electron chi connectivity index (χ0n) is 16.0. The minimum absolute atomic E-state index is 0.143. The van der Waals surface area contributed by atoms with Gasteiger partial charge in [0.05, 0.1) is 16.3 Å². The average Bonchev–Trinajstić information content (AvgIpc) is 2.80. The quantitative estimate of drug-likeness (QED) is 0.153. The standard InChI is InChI=1S/C21H16ClN7OS/c22-17-4-2-1-3-14(17)12-5-7-13(8-6-12)19-15(9-23)20(30)27-21(16(19)10-24)31-11-18(28-25)29-26/h1-8H,11,25-26H2,(H,27,30)(H,28,29). The van der Waals surface area contributed by atoms with Gasteiger partial charge in [-0.2, -0.15) is 15.6 Å². The van der Waals surface area contributed by atoms with Gasteiger partial charge in [0.2, 0.25) is 0 Å². The van der Waals surface area contributed by atoms with Crippen molar-refractivity contribution in [1.29, 1.82) is 10.5 Å². The third-order valence-electron chi connectivity index (χ3n) is 4.44. The summed E-state index contributed by atoms with van der Waals surface area (Å²) in [6.45, 7) is 0. The van der Waals surface area contributed by atoms with Crippen LogP contribution in [0.3, 0.4) is 0 Å². The molecule has 0 spiro atoms. The van der Waals surface area contributed by atoms with Crippen LogP contribution in [0.5, 0.6) is 0 Å². The number of pyridine rings is 1. The van der Waals surface area contributed by atoms with Gasteiger partial charge in [-0.25, -0.2) is 5.84 Å². The van der Waals surface area contributed by atoms with Crippen molar-refractivity contribution in [2.24, 2.45) is 16.8 Å². The first-order chi connectivity index (χ1) is 15.0. The van der Waals surface area contributed by atoms with Crippen LogP contribution >= 0.6 is 23.4 Å². The molecule has 0 aliphatic heterocycles. The Bertz CT molecular complexity index is 1290. The molecule has 0 saturated heterocycles. The maximum atomic E-state index is 12.5. The zero-order valence-corrected chi connectivity index (χ0v) is 17.6. The summed E-state index contributed by atoms with van der Waals surface area (Å²) in [5.41, 5.74) is 4.29. The number of aromatic amines is 1. The van der Waals surface area contributed by atoms with E-state index in [0.29, 0.717) is 10.6 Å². The summed E-state index contributed by atoms with van der Waals surface area (Å²) < 4.78 is 0. The molecule has 0 bridgehead atoms. The number of hydrazone groups is 1. The number of aromatic nitrogens is 1. The second-order valence-corrected chi connectivity index (χ2v) is 7.59. The van der Waals surface area contributed by atoms with Crippen molar-refractivity contribution in [3.05, 3.63) is 75.0 Å². The molecule has 10 heteroatoms. The van der Waals surface area contributed by atoms with Gasteiger partial charge in [0.15, 0.2) is 0 Å². The highest BCUT2D eigenvalue weighted by molar-refractivity contribution is 8.00. The Morgan fingerprint density at radius 3 is 2.32 bits per heavy atom. The Morgan fingerprint density at radius 2 is 1.74 bits per heavy atom. The second-order valence-electron chi connectivity index (χ2n) is 6.20. The van der Waals surface area contributed by atoms with Gasteiger partial charge in [-0.3, -0.25) is 4.79 Å². The smallest absolute Gasteiger partial charge is 0.267 e. The lowest BCUT2D eigenvalue weighted by molar-refractivity contribution is 0.995. The number of hydrazine groups is 1. The molecule has 0 saturated carbocycles. The number of halogens is 1. The van der Waals surface area contributed by atoms with E-state index in [-0.39, 0.29) is 33.3 Å². The molecule has 1 aromatic heterocycles. The minimum Gasteiger partial charge on any atom is -0.322 e. The molecule has 0 atom stereocenters. The average molecular weight is 450 g/mol. The van der Waals surface area contributed by atoms with Gasteiger partial charge >= 0.3 is 0 Å². The molecule has 154 valence electrons. The number of nitrogens with two attached hydrogens (primary N) is 2. The fourth-order valence-corrected chi connectivity index (χ4v) is 4.10. The van der Waals surface area contributed by atoms with E-state index in [1.54, 1.807) is 18.2 Å². The van der Waals surface area contributed by atoms with Gasteiger partial charge in [-0.1, -0.05) is 65.8 Å². The first-order valence-electron chi connectivity index (χ1n) is 8.86. The van der Waals surface area contributed by atoms with E-state index in [1.165, 1.54) is 0 Å². The number of thioether (sulfide) groups is 1. The normalized spacial score (nSPS) is 10.9. The van der Waals surface area contributed by atoms with Gasteiger partial charge in [0.25, 0.3) is 5.56 Å². The lowest BCUT2D eigenvalue weighted by Gasteiger charge is -2.12. The highest BCUT2D eigenvalue weighted by atomic mass is 35.5. The first-order valence-corrected chi connectivity index (χ1v) is 10.2. The number of hydrogen-bond acceptors (Lipinski definition) is 7. The maximum Gasteiger partial charge on any atom is 0.267 e. The molecule has 3 rings (SSSR count). The number of amidine groups is 1. The van der Waals surface area contributed by atoms with Crippen LogP contribution in [0.4, 0.5) is 0 Å². The number of hydrogen-bond donors (Lipinski definition) is 4. The number of rotatable bonds is 5. The highest BCUT2D eigenvalue weighted by Gasteiger charge is 2.20. The molecule has 1 heterocycles. The van der Waals surface area contributed by atoms with Gasteiger partial charge in [0, 0.05) is 16.1 Å². The maximum absolute atomic E-state index is 12.5. The molecule has 3 aromatic rings. The third-order valence-corrected chi connectivity index (χ3v) is 5.78. The van der Waals surface area contributed by atoms with Crippen LogP contribution in [-0.4, -0.2) is 16.6 Å². The van der Waals surface area contributed by atoms with E-state index in [9.17, 15) is 15.3 Å². The molecular formula is C21H16ClN7OS. The molecule has 6 N–H and O–H groups in total. The van der Waals surface area contributed by atoms with Crippen LogP contribution in [0.2, 0.25) is 5.02 Å². The van der Waals surface area contributed by atoms with E-state index < -0.39 is 5.56 Å². The predicted molar refractivity (Wildman–Crippen MR) is 122 cm³/mol. The SMILES string of the molecule is N#Cc1c(SC/C(=N/N)NN)[nH]c(=O)c(C#N)c1-c1ccc(-c2ccccc2Cl)cc1. The topological polar surface area (TPSA) is 157 Å². The lowest BCUT2D eigenvalue weighted by Crippen LogP contribution is -2.33. The molecule has 31 heavy (non-hydrogen) atoms. The van der Waals surface area contributed by atoms with Crippen LogP contribution in [0.1, 0.15) is 11.1 Å². The van der Waals surface area contributed by atoms with E-state index in [2.05, 4.69) is 21.6 Å². The van der Waals surface area contributed by atoms with Crippen molar-refractivity contribution in [2.75, 3.05) is 5.75 Å². The van der Waals surface area contributed by atoms with E-state index in [0.717, 1.165) is 22.9 Å². The molecule has 0 amide bonds. The number of benzene rings is 2. The molecule has 8 nitrogen and oxygen atoms in total. The van der Waals surface area contributed by atoms with Crippen LogP contribution in [0.25, 0.3) is 22.3 Å². The van der Waals surface area contributed by atoms with Crippen molar-refractivity contribution in [3.8, 4) is 34.4 Å². The van der Waals surface area contributed by atoms with Crippen molar-refractivity contribution in [1.82, 2.24) is 10.4 Å². The molecule has 2 aromatic carbocycles. The van der Waals surface area contributed by atoms with Crippen molar-refractivity contribution in [2.45, 2.75) is 5.03 Å². The number of H-pyrrole nitrogens is 1. The summed E-state index contributed by atoms with van der Waals surface area (Å²) in [6, 6.07) is 18.6. The van der Waals surface area contributed by atoms with Crippen LogP contribution in [-0.2, 0) is 0 Å².